The summed E-state index contributed by atoms with van der Waals surface area (Å²) < 4.78 is 28.8. The lowest BCUT2D eigenvalue weighted by Crippen LogP contribution is -1.85. The molecule has 0 aliphatic carbocycles. The molecule has 0 unspecified atom stereocenters. The predicted molar refractivity (Wildman–Crippen MR) is 57.3 cm³/mol. The fourth-order valence-electron chi connectivity index (χ4n) is 1.18. The minimum atomic E-state index is -2.73. The van der Waals surface area contributed by atoms with Gasteiger partial charge in [0.05, 0.1) is 0 Å². The summed E-state index contributed by atoms with van der Waals surface area (Å²) in [5, 5.41) is 4.22. The highest BCUT2D eigenvalue weighted by Crippen LogP contribution is 2.22. The third kappa shape index (κ3) is 2.27. The SMILES string of the molecule is FC(F)c1nc(-c2ccc(CBr)cc2)no1. The molecule has 0 amide bonds. The number of aromatic nitrogens is 2. The van der Waals surface area contributed by atoms with Crippen LogP contribution in [0, 0.1) is 0 Å². The largest absolute Gasteiger partial charge is 0.333 e. The van der Waals surface area contributed by atoms with E-state index in [4.69, 9.17) is 0 Å². The molecule has 0 atom stereocenters. The Bertz CT molecular complexity index is 470. The van der Waals surface area contributed by atoms with Gasteiger partial charge in [-0.25, -0.2) is 0 Å². The molecule has 0 aliphatic heterocycles. The van der Waals surface area contributed by atoms with Crippen LogP contribution < -0.4 is 0 Å². The molecule has 1 aromatic carbocycles. The van der Waals surface area contributed by atoms with Crippen LogP contribution in [0.5, 0.6) is 0 Å². The molecule has 0 aliphatic rings. The summed E-state index contributed by atoms with van der Waals surface area (Å²) in [6, 6.07) is 7.25. The van der Waals surface area contributed by atoms with E-state index in [1.165, 1.54) is 0 Å². The van der Waals surface area contributed by atoms with Crippen molar-refractivity contribution in [3.63, 3.8) is 0 Å². The van der Waals surface area contributed by atoms with Gasteiger partial charge >= 0.3 is 6.43 Å². The molecule has 2 aromatic rings. The van der Waals surface area contributed by atoms with Crippen LogP contribution in [0.25, 0.3) is 11.4 Å². The first kappa shape index (κ1) is 11.2. The molecule has 84 valence electrons. The van der Waals surface area contributed by atoms with Gasteiger partial charge in [-0.1, -0.05) is 45.4 Å². The first-order chi connectivity index (χ1) is 7.70. The third-order valence-corrected chi connectivity index (χ3v) is 2.64. The molecule has 2 rings (SSSR count). The number of benzene rings is 1. The Hall–Kier alpha value is -1.30. The molecule has 0 saturated heterocycles. The molecule has 16 heavy (non-hydrogen) atoms. The molecule has 0 N–H and O–H groups in total. The summed E-state index contributed by atoms with van der Waals surface area (Å²) in [5.74, 6) is -0.476. The number of hydrogen-bond donors (Lipinski definition) is 0. The Morgan fingerprint density at radius 1 is 1.25 bits per heavy atom. The number of nitrogens with zero attached hydrogens (tertiary/aromatic N) is 2. The van der Waals surface area contributed by atoms with Crippen LogP contribution in [0.3, 0.4) is 0 Å². The van der Waals surface area contributed by atoms with E-state index in [1.807, 2.05) is 12.1 Å². The summed E-state index contributed by atoms with van der Waals surface area (Å²) in [6.45, 7) is 0. The molecule has 0 radical (unpaired) electrons. The van der Waals surface area contributed by atoms with Crippen LogP contribution in [0.4, 0.5) is 8.78 Å². The van der Waals surface area contributed by atoms with E-state index in [1.54, 1.807) is 12.1 Å². The van der Waals surface area contributed by atoms with Crippen LogP contribution in [0.1, 0.15) is 17.9 Å². The molecule has 6 heteroatoms. The summed E-state index contributed by atoms with van der Waals surface area (Å²) >= 11 is 3.31. The van der Waals surface area contributed by atoms with Gasteiger partial charge in [-0.15, -0.1) is 0 Å². The fourth-order valence-corrected chi connectivity index (χ4v) is 1.56. The number of halogens is 3. The monoisotopic (exact) mass is 288 g/mol. The van der Waals surface area contributed by atoms with Gasteiger partial charge in [-0.05, 0) is 5.56 Å². The lowest BCUT2D eigenvalue weighted by molar-refractivity contribution is 0.106. The highest BCUT2D eigenvalue weighted by molar-refractivity contribution is 9.08. The molecule has 1 heterocycles. The Balaban J connectivity index is 2.28. The summed E-state index contributed by atoms with van der Waals surface area (Å²) in [7, 11) is 0. The van der Waals surface area contributed by atoms with Gasteiger partial charge in [0.2, 0.25) is 5.82 Å². The van der Waals surface area contributed by atoms with E-state index < -0.39 is 12.3 Å². The zero-order valence-electron chi connectivity index (χ0n) is 8.03. The first-order valence-electron chi connectivity index (χ1n) is 4.47. The maximum Gasteiger partial charge on any atom is 0.315 e. The second-order valence-corrected chi connectivity index (χ2v) is 3.65. The van der Waals surface area contributed by atoms with Crippen LogP contribution >= 0.6 is 15.9 Å². The normalized spacial score (nSPS) is 11.0. The molecule has 3 nitrogen and oxygen atoms in total. The quantitative estimate of drug-likeness (QED) is 0.811. The van der Waals surface area contributed by atoms with E-state index >= 15 is 0 Å². The minimum Gasteiger partial charge on any atom is -0.333 e. The molecular formula is C10H7BrF2N2O. The number of hydrogen-bond acceptors (Lipinski definition) is 3. The van der Waals surface area contributed by atoms with Crippen molar-refractivity contribution in [1.82, 2.24) is 10.1 Å². The fraction of sp³-hybridized carbons (Fsp3) is 0.200. The second-order valence-electron chi connectivity index (χ2n) is 3.09. The number of alkyl halides is 3. The Kier molecular flexibility index (Phi) is 3.28. The molecule has 1 aromatic heterocycles. The van der Waals surface area contributed by atoms with Crippen LogP contribution in [-0.4, -0.2) is 10.1 Å². The Morgan fingerprint density at radius 2 is 1.94 bits per heavy atom. The average Bonchev–Trinajstić information content (AvgIpc) is 2.78. The van der Waals surface area contributed by atoms with Crippen molar-refractivity contribution < 1.29 is 13.3 Å². The van der Waals surface area contributed by atoms with Crippen molar-refractivity contribution >= 4 is 15.9 Å². The maximum atomic E-state index is 12.2. The van der Waals surface area contributed by atoms with Gasteiger partial charge in [0.15, 0.2) is 0 Å². The lowest BCUT2D eigenvalue weighted by atomic mass is 10.1. The topological polar surface area (TPSA) is 38.9 Å². The molecular weight excluding hydrogens is 282 g/mol. The highest BCUT2D eigenvalue weighted by atomic mass is 79.9. The van der Waals surface area contributed by atoms with Crippen molar-refractivity contribution in [1.29, 1.82) is 0 Å². The summed E-state index contributed by atoms with van der Waals surface area (Å²) in [6.07, 6.45) is -2.73. The second kappa shape index (κ2) is 4.69. The van der Waals surface area contributed by atoms with Gasteiger partial charge in [0.1, 0.15) is 0 Å². The van der Waals surface area contributed by atoms with Gasteiger partial charge in [0, 0.05) is 10.9 Å². The number of rotatable bonds is 3. The zero-order valence-corrected chi connectivity index (χ0v) is 9.62. The van der Waals surface area contributed by atoms with Crippen molar-refractivity contribution in [2.75, 3.05) is 0 Å². The van der Waals surface area contributed by atoms with Gasteiger partial charge in [0.25, 0.3) is 5.89 Å². The molecule has 0 saturated carbocycles. The van der Waals surface area contributed by atoms with Crippen molar-refractivity contribution in [3.05, 3.63) is 35.7 Å². The van der Waals surface area contributed by atoms with E-state index in [9.17, 15) is 8.78 Å². The third-order valence-electron chi connectivity index (χ3n) is 1.99. The molecule has 0 spiro atoms. The standard InChI is InChI=1S/C10H7BrF2N2O/c11-5-6-1-3-7(4-2-6)9-14-10(8(12)13)16-15-9/h1-4,8H,5H2. The first-order valence-corrected chi connectivity index (χ1v) is 5.60. The van der Waals surface area contributed by atoms with Crippen molar-refractivity contribution in [3.8, 4) is 11.4 Å². The maximum absolute atomic E-state index is 12.2. The van der Waals surface area contributed by atoms with Crippen LogP contribution in [0.2, 0.25) is 0 Å². The highest BCUT2D eigenvalue weighted by Gasteiger charge is 2.16. The lowest BCUT2D eigenvalue weighted by Gasteiger charge is -1.96. The smallest absolute Gasteiger partial charge is 0.315 e. The summed E-state index contributed by atoms with van der Waals surface area (Å²) in [5.41, 5.74) is 1.74. The van der Waals surface area contributed by atoms with Crippen molar-refractivity contribution in [2.45, 2.75) is 11.8 Å². The van der Waals surface area contributed by atoms with Gasteiger partial charge in [-0.2, -0.15) is 13.8 Å². The minimum absolute atomic E-state index is 0.177. The van der Waals surface area contributed by atoms with E-state index in [-0.39, 0.29) is 5.82 Å². The molecule has 0 fully saturated rings. The van der Waals surface area contributed by atoms with Crippen LogP contribution in [-0.2, 0) is 5.33 Å². The van der Waals surface area contributed by atoms with Gasteiger partial charge in [-0.3, -0.25) is 0 Å². The van der Waals surface area contributed by atoms with E-state index in [0.29, 0.717) is 5.56 Å². The van der Waals surface area contributed by atoms with E-state index in [2.05, 4.69) is 30.6 Å². The molecule has 0 bridgehead atoms. The van der Waals surface area contributed by atoms with Crippen molar-refractivity contribution in [2.24, 2.45) is 0 Å². The predicted octanol–water partition coefficient (Wildman–Crippen LogP) is 3.57. The average molecular weight is 289 g/mol. The van der Waals surface area contributed by atoms with E-state index in [0.717, 1.165) is 10.9 Å². The van der Waals surface area contributed by atoms with Crippen LogP contribution in [0.15, 0.2) is 28.8 Å². The Morgan fingerprint density at radius 3 is 2.44 bits per heavy atom. The zero-order chi connectivity index (χ0) is 11.5. The Labute approximate surface area is 98.6 Å². The van der Waals surface area contributed by atoms with Gasteiger partial charge < -0.3 is 4.52 Å². The summed E-state index contributed by atoms with van der Waals surface area (Å²) in [4.78, 5) is 3.60.